The Morgan fingerprint density at radius 2 is 1.95 bits per heavy atom. The number of likely N-dealkylation sites (tertiary alicyclic amines) is 1. The number of amides is 1. The quantitative estimate of drug-likeness (QED) is 0.831. The minimum atomic E-state index is -3.37. The number of carbonyl (C=O) groups excluding carboxylic acids is 1. The summed E-state index contributed by atoms with van der Waals surface area (Å²) in [6, 6.07) is 7.27. The molecular formula is C15H22N2O3S2. The van der Waals surface area contributed by atoms with Gasteiger partial charge in [-0.2, -0.15) is 0 Å². The van der Waals surface area contributed by atoms with Gasteiger partial charge in [-0.25, -0.2) is 13.1 Å². The maximum absolute atomic E-state index is 12.4. The van der Waals surface area contributed by atoms with Gasteiger partial charge in [-0.05, 0) is 50.8 Å². The Bertz CT molecular complexity index is 627. The highest BCUT2D eigenvalue weighted by atomic mass is 32.2. The van der Waals surface area contributed by atoms with Crippen LogP contribution >= 0.6 is 11.8 Å². The molecule has 0 aromatic heterocycles. The number of carbonyl (C=O) groups is 1. The van der Waals surface area contributed by atoms with Crippen LogP contribution in [0, 0.1) is 0 Å². The molecule has 2 rings (SSSR count). The van der Waals surface area contributed by atoms with Crippen LogP contribution in [0.1, 0.15) is 30.6 Å². The van der Waals surface area contributed by atoms with E-state index in [0.29, 0.717) is 18.5 Å². The Balaban J connectivity index is 2.04. The first-order valence-corrected chi connectivity index (χ1v) is 10.0. The van der Waals surface area contributed by atoms with Crippen LogP contribution in [0.3, 0.4) is 0 Å². The molecule has 0 radical (unpaired) electrons. The average Bonchev–Trinajstić information content (AvgIpc) is 2.96. The smallest absolute Gasteiger partial charge is 0.253 e. The minimum Gasteiger partial charge on any atom is -0.337 e. The van der Waals surface area contributed by atoms with E-state index in [0.717, 1.165) is 4.90 Å². The zero-order valence-corrected chi connectivity index (χ0v) is 14.7. The van der Waals surface area contributed by atoms with Gasteiger partial charge < -0.3 is 4.90 Å². The van der Waals surface area contributed by atoms with E-state index in [4.69, 9.17) is 0 Å². The molecule has 0 aliphatic carbocycles. The van der Waals surface area contributed by atoms with Gasteiger partial charge in [-0.3, -0.25) is 4.79 Å². The Kier molecular flexibility index (Phi) is 5.52. The molecule has 1 N–H and O–H groups in total. The van der Waals surface area contributed by atoms with E-state index in [-0.39, 0.29) is 18.5 Å². The molecule has 1 atom stereocenters. The fourth-order valence-electron chi connectivity index (χ4n) is 2.51. The topological polar surface area (TPSA) is 66.5 Å². The van der Waals surface area contributed by atoms with Crippen molar-refractivity contribution in [3.8, 4) is 0 Å². The summed E-state index contributed by atoms with van der Waals surface area (Å²) in [5, 5.41) is -0.524. The van der Waals surface area contributed by atoms with Crippen LogP contribution in [-0.2, 0) is 10.0 Å². The number of nitrogens with zero attached hydrogens (tertiary/aromatic N) is 1. The predicted molar refractivity (Wildman–Crippen MR) is 89.7 cm³/mol. The first-order valence-electron chi connectivity index (χ1n) is 7.28. The SMILES string of the molecule is CSc1ccc(C(=O)N2CC[C@@H](S(=O)(=O)NC(C)C)C2)cc1. The summed E-state index contributed by atoms with van der Waals surface area (Å²) in [6.07, 6.45) is 2.46. The lowest BCUT2D eigenvalue weighted by atomic mass is 10.2. The average molecular weight is 342 g/mol. The summed E-state index contributed by atoms with van der Waals surface area (Å²) >= 11 is 1.62. The monoisotopic (exact) mass is 342 g/mol. The summed E-state index contributed by atoms with van der Waals surface area (Å²) in [7, 11) is -3.37. The lowest BCUT2D eigenvalue weighted by molar-refractivity contribution is 0.0793. The van der Waals surface area contributed by atoms with Crippen molar-refractivity contribution < 1.29 is 13.2 Å². The van der Waals surface area contributed by atoms with Gasteiger partial charge in [0, 0.05) is 29.6 Å². The van der Waals surface area contributed by atoms with Gasteiger partial charge >= 0.3 is 0 Å². The lowest BCUT2D eigenvalue weighted by Crippen LogP contribution is -2.40. The number of hydrogen-bond acceptors (Lipinski definition) is 4. The van der Waals surface area contributed by atoms with E-state index in [1.807, 2.05) is 18.4 Å². The van der Waals surface area contributed by atoms with E-state index in [1.165, 1.54) is 0 Å². The van der Waals surface area contributed by atoms with Gasteiger partial charge in [0.05, 0.1) is 5.25 Å². The van der Waals surface area contributed by atoms with E-state index in [9.17, 15) is 13.2 Å². The first kappa shape index (κ1) is 17.3. The highest BCUT2D eigenvalue weighted by Crippen LogP contribution is 2.20. The third-order valence-electron chi connectivity index (χ3n) is 3.61. The second kappa shape index (κ2) is 7.02. The Morgan fingerprint density at radius 1 is 1.32 bits per heavy atom. The molecule has 7 heteroatoms. The normalized spacial score (nSPS) is 18.9. The number of nitrogens with one attached hydrogen (secondary N) is 1. The lowest BCUT2D eigenvalue weighted by Gasteiger charge is -2.18. The number of rotatable bonds is 5. The Hall–Kier alpha value is -1.05. The van der Waals surface area contributed by atoms with Gasteiger partial charge in [-0.1, -0.05) is 0 Å². The molecule has 1 aliphatic rings. The third kappa shape index (κ3) is 4.02. The summed E-state index contributed by atoms with van der Waals surface area (Å²) in [5.74, 6) is -0.102. The van der Waals surface area contributed by atoms with Crippen molar-refractivity contribution in [2.45, 2.75) is 36.5 Å². The highest BCUT2D eigenvalue weighted by molar-refractivity contribution is 7.98. The van der Waals surface area contributed by atoms with Crippen LogP contribution in [0.25, 0.3) is 0 Å². The van der Waals surface area contributed by atoms with E-state index < -0.39 is 15.3 Å². The van der Waals surface area contributed by atoms with Crippen molar-refractivity contribution in [1.29, 1.82) is 0 Å². The fraction of sp³-hybridized carbons (Fsp3) is 0.533. The van der Waals surface area contributed by atoms with E-state index in [2.05, 4.69) is 4.72 Å². The van der Waals surface area contributed by atoms with Crippen LogP contribution in [0.15, 0.2) is 29.2 Å². The van der Waals surface area contributed by atoms with Crippen molar-refractivity contribution in [1.82, 2.24) is 9.62 Å². The molecule has 0 saturated carbocycles. The molecule has 0 spiro atoms. The van der Waals surface area contributed by atoms with Crippen LogP contribution < -0.4 is 4.72 Å². The zero-order valence-electron chi connectivity index (χ0n) is 13.1. The van der Waals surface area contributed by atoms with Gasteiger partial charge in [0.1, 0.15) is 0 Å². The van der Waals surface area contributed by atoms with Crippen molar-refractivity contribution in [3.63, 3.8) is 0 Å². The fourth-order valence-corrected chi connectivity index (χ4v) is 4.56. The van der Waals surface area contributed by atoms with Gasteiger partial charge in [-0.15, -0.1) is 11.8 Å². The van der Waals surface area contributed by atoms with Gasteiger partial charge in [0.25, 0.3) is 5.91 Å². The molecule has 1 heterocycles. The second-order valence-corrected chi connectivity index (χ2v) is 8.58. The minimum absolute atomic E-state index is 0.102. The summed E-state index contributed by atoms with van der Waals surface area (Å²) < 4.78 is 27.0. The largest absolute Gasteiger partial charge is 0.337 e. The molecule has 1 saturated heterocycles. The molecule has 1 aliphatic heterocycles. The zero-order chi connectivity index (χ0) is 16.3. The first-order chi connectivity index (χ1) is 10.3. The van der Waals surface area contributed by atoms with Crippen LogP contribution in [-0.4, -0.2) is 49.9 Å². The third-order valence-corrected chi connectivity index (χ3v) is 6.41. The molecule has 0 bridgehead atoms. The van der Waals surface area contributed by atoms with Crippen LogP contribution in [0.5, 0.6) is 0 Å². The van der Waals surface area contributed by atoms with Gasteiger partial charge in [0.2, 0.25) is 10.0 Å². The molecule has 22 heavy (non-hydrogen) atoms. The van der Waals surface area contributed by atoms with Crippen molar-refractivity contribution in [2.75, 3.05) is 19.3 Å². The Morgan fingerprint density at radius 3 is 2.50 bits per heavy atom. The van der Waals surface area contributed by atoms with Crippen LogP contribution in [0.2, 0.25) is 0 Å². The van der Waals surface area contributed by atoms with Crippen molar-refractivity contribution >= 4 is 27.7 Å². The van der Waals surface area contributed by atoms with E-state index >= 15 is 0 Å². The Labute approximate surface area is 136 Å². The maximum atomic E-state index is 12.4. The number of hydrogen-bond donors (Lipinski definition) is 1. The molecule has 1 aromatic rings. The molecule has 0 unspecified atom stereocenters. The summed E-state index contributed by atoms with van der Waals surface area (Å²) in [6.45, 7) is 4.32. The van der Waals surface area contributed by atoms with Crippen molar-refractivity contribution in [3.05, 3.63) is 29.8 Å². The molecule has 1 aromatic carbocycles. The number of sulfonamides is 1. The molecular weight excluding hydrogens is 320 g/mol. The maximum Gasteiger partial charge on any atom is 0.253 e. The molecule has 5 nitrogen and oxygen atoms in total. The summed E-state index contributed by atoms with van der Waals surface area (Å²) in [5.41, 5.74) is 0.604. The van der Waals surface area contributed by atoms with Crippen LogP contribution in [0.4, 0.5) is 0 Å². The van der Waals surface area contributed by atoms with E-state index in [1.54, 1.807) is 42.6 Å². The molecule has 1 amide bonds. The number of benzene rings is 1. The standard InChI is InChI=1S/C15H22N2O3S2/c1-11(2)16-22(19,20)14-8-9-17(10-14)15(18)12-4-6-13(21-3)7-5-12/h4-7,11,14,16H,8-10H2,1-3H3/t14-/m1/s1. The predicted octanol–water partition coefficient (Wildman–Crippen LogP) is 1.95. The molecule has 1 fully saturated rings. The molecule has 122 valence electrons. The van der Waals surface area contributed by atoms with Gasteiger partial charge in [0.15, 0.2) is 0 Å². The highest BCUT2D eigenvalue weighted by Gasteiger charge is 2.35. The number of thioether (sulfide) groups is 1. The van der Waals surface area contributed by atoms with Crippen molar-refractivity contribution in [2.24, 2.45) is 0 Å². The second-order valence-electron chi connectivity index (χ2n) is 5.71. The summed E-state index contributed by atoms with van der Waals surface area (Å²) in [4.78, 5) is 15.2.